The summed E-state index contributed by atoms with van der Waals surface area (Å²) in [6, 6.07) is 0. The number of pyridine rings is 1. The van der Waals surface area contributed by atoms with Gasteiger partial charge in [-0.1, -0.05) is 0 Å². The number of nitrogens with zero attached hydrogens (tertiary/aromatic N) is 1. The molecule has 1 heterocycles. The maximum Gasteiger partial charge on any atom is 0.218 e. The molecule has 6 heteroatoms. The van der Waals surface area contributed by atoms with Gasteiger partial charge in [-0.2, -0.15) is 0 Å². The van der Waals surface area contributed by atoms with Crippen molar-refractivity contribution in [2.75, 3.05) is 32.7 Å². The molecule has 96 valence electrons. The van der Waals surface area contributed by atoms with Crippen LogP contribution >= 0.6 is 15.9 Å². The van der Waals surface area contributed by atoms with E-state index in [4.69, 9.17) is 15.2 Å². The van der Waals surface area contributed by atoms with E-state index in [0.29, 0.717) is 30.8 Å². The Morgan fingerprint density at radius 1 is 1.35 bits per heavy atom. The summed E-state index contributed by atoms with van der Waals surface area (Å²) in [4.78, 5) is 11.3. The average molecular weight is 305 g/mol. The quantitative estimate of drug-likeness (QED) is 0.770. The van der Waals surface area contributed by atoms with Crippen LogP contribution in [-0.2, 0) is 16.0 Å². The van der Waals surface area contributed by atoms with Gasteiger partial charge in [-0.25, -0.2) is 0 Å². The predicted octanol–water partition coefficient (Wildman–Crippen LogP) is 1.25. The van der Waals surface area contributed by atoms with Crippen LogP contribution in [0.5, 0.6) is 0 Å². The Labute approximate surface area is 109 Å². The Morgan fingerprint density at radius 3 is 2.76 bits per heavy atom. The van der Waals surface area contributed by atoms with Crippen LogP contribution < -0.4 is 11.2 Å². The highest BCUT2D eigenvalue weighted by Gasteiger charge is 2.01. The number of nitrogen functional groups attached to an aromatic ring is 1. The molecular formula is C11H17BrN2O3. The number of anilines is 1. The van der Waals surface area contributed by atoms with Crippen molar-refractivity contribution in [2.45, 2.75) is 13.0 Å². The summed E-state index contributed by atoms with van der Waals surface area (Å²) in [5.41, 5.74) is 5.63. The van der Waals surface area contributed by atoms with Gasteiger partial charge in [-0.05, 0) is 22.4 Å². The van der Waals surface area contributed by atoms with Crippen LogP contribution in [0.15, 0.2) is 21.7 Å². The molecule has 0 radical (unpaired) electrons. The first-order chi connectivity index (χ1) is 8.15. The van der Waals surface area contributed by atoms with Gasteiger partial charge in [0.1, 0.15) is 0 Å². The maximum atomic E-state index is 11.3. The highest BCUT2D eigenvalue weighted by atomic mass is 79.9. The van der Waals surface area contributed by atoms with Crippen molar-refractivity contribution >= 4 is 21.6 Å². The zero-order chi connectivity index (χ0) is 12.7. The molecule has 0 aliphatic heterocycles. The van der Waals surface area contributed by atoms with E-state index in [1.807, 2.05) is 4.57 Å². The minimum Gasteiger partial charge on any atom is -0.394 e. The molecule has 0 aliphatic carbocycles. The molecule has 0 fully saturated rings. The second-order valence-electron chi connectivity index (χ2n) is 3.59. The first-order valence-corrected chi connectivity index (χ1v) is 6.16. The number of ether oxygens (including phenoxy) is 2. The number of rotatable bonds is 7. The van der Waals surface area contributed by atoms with Gasteiger partial charge >= 0.3 is 0 Å². The molecule has 0 spiro atoms. The molecule has 2 N–H and O–H groups in total. The SMILES string of the molecule is COCCCOCCn1cc(N)c(=O)c(Br)c1. The lowest BCUT2D eigenvalue weighted by Crippen LogP contribution is -2.15. The summed E-state index contributed by atoms with van der Waals surface area (Å²) in [6.07, 6.45) is 4.20. The van der Waals surface area contributed by atoms with Crippen LogP contribution in [0.1, 0.15) is 6.42 Å². The van der Waals surface area contributed by atoms with Crippen molar-refractivity contribution in [1.29, 1.82) is 0 Å². The maximum absolute atomic E-state index is 11.3. The molecule has 0 saturated carbocycles. The lowest BCUT2D eigenvalue weighted by Gasteiger charge is -2.08. The van der Waals surface area contributed by atoms with E-state index >= 15 is 0 Å². The third kappa shape index (κ3) is 4.89. The first-order valence-electron chi connectivity index (χ1n) is 5.37. The standard InChI is InChI=1S/C11H17BrN2O3/c1-16-4-2-5-17-6-3-14-7-9(12)11(15)10(13)8-14/h7-8H,2-6,13H2,1H3. The lowest BCUT2D eigenvalue weighted by molar-refractivity contribution is 0.0976. The second-order valence-corrected chi connectivity index (χ2v) is 4.44. The van der Waals surface area contributed by atoms with Crippen LogP contribution in [0.25, 0.3) is 0 Å². The highest BCUT2D eigenvalue weighted by molar-refractivity contribution is 9.10. The summed E-state index contributed by atoms with van der Waals surface area (Å²) in [6.45, 7) is 2.62. The van der Waals surface area contributed by atoms with E-state index in [2.05, 4.69) is 15.9 Å². The molecule has 1 aromatic rings. The van der Waals surface area contributed by atoms with Crippen molar-refractivity contribution in [3.8, 4) is 0 Å². The van der Waals surface area contributed by atoms with Crippen molar-refractivity contribution in [1.82, 2.24) is 4.57 Å². The van der Waals surface area contributed by atoms with Gasteiger partial charge in [0.25, 0.3) is 0 Å². The molecule has 1 aromatic heterocycles. The number of hydrogen-bond acceptors (Lipinski definition) is 4. The Balaban J connectivity index is 2.35. The average Bonchev–Trinajstić information content (AvgIpc) is 2.30. The Hall–Kier alpha value is -0.850. The fourth-order valence-corrected chi connectivity index (χ4v) is 1.82. The van der Waals surface area contributed by atoms with Crippen molar-refractivity contribution in [3.63, 3.8) is 0 Å². The lowest BCUT2D eigenvalue weighted by atomic mass is 10.4. The minimum atomic E-state index is -0.178. The van der Waals surface area contributed by atoms with Crippen LogP contribution in [0.2, 0.25) is 0 Å². The van der Waals surface area contributed by atoms with Crippen LogP contribution in [0.3, 0.4) is 0 Å². The summed E-state index contributed by atoms with van der Waals surface area (Å²) in [5.74, 6) is 0. The molecule has 0 aromatic carbocycles. The minimum absolute atomic E-state index is 0.178. The topological polar surface area (TPSA) is 66.5 Å². The Bertz CT molecular complexity index is 380. The van der Waals surface area contributed by atoms with E-state index in [1.165, 1.54) is 0 Å². The van der Waals surface area contributed by atoms with Crippen LogP contribution in [0, 0.1) is 0 Å². The van der Waals surface area contributed by atoms with Gasteiger partial charge < -0.3 is 19.8 Å². The van der Waals surface area contributed by atoms with E-state index in [0.717, 1.165) is 6.42 Å². The summed E-state index contributed by atoms with van der Waals surface area (Å²) >= 11 is 3.17. The second kappa shape index (κ2) is 7.47. The first kappa shape index (κ1) is 14.2. The van der Waals surface area contributed by atoms with Gasteiger partial charge in [0, 0.05) is 39.3 Å². The summed E-state index contributed by atoms with van der Waals surface area (Å²) in [7, 11) is 1.67. The monoisotopic (exact) mass is 304 g/mol. The normalized spacial score (nSPS) is 10.7. The third-order valence-electron chi connectivity index (χ3n) is 2.19. The van der Waals surface area contributed by atoms with Gasteiger partial charge in [-0.15, -0.1) is 0 Å². The zero-order valence-corrected chi connectivity index (χ0v) is 11.4. The molecule has 1 rings (SSSR count). The molecule has 5 nitrogen and oxygen atoms in total. The highest BCUT2D eigenvalue weighted by Crippen LogP contribution is 2.06. The Kier molecular flexibility index (Phi) is 6.25. The van der Waals surface area contributed by atoms with E-state index in [1.54, 1.807) is 19.5 Å². The number of nitrogens with two attached hydrogens (primary N) is 1. The fraction of sp³-hybridized carbons (Fsp3) is 0.545. The molecule has 0 bridgehead atoms. The van der Waals surface area contributed by atoms with E-state index < -0.39 is 0 Å². The molecule has 0 atom stereocenters. The van der Waals surface area contributed by atoms with Gasteiger partial charge in [0.2, 0.25) is 5.43 Å². The van der Waals surface area contributed by atoms with Crippen molar-refractivity contribution < 1.29 is 9.47 Å². The molecule has 0 saturated heterocycles. The molecule has 0 amide bonds. The zero-order valence-electron chi connectivity index (χ0n) is 9.82. The third-order valence-corrected chi connectivity index (χ3v) is 2.76. The number of aromatic nitrogens is 1. The van der Waals surface area contributed by atoms with E-state index in [-0.39, 0.29) is 11.1 Å². The molecular weight excluding hydrogens is 288 g/mol. The van der Waals surface area contributed by atoms with E-state index in [9.17, 15) is 4.79 Å². The number of halogens is 1. The van der Waals surface area contributed by atoms with Crippen LogP contribution in [-0.4, -0.2) is 31.5 Å². The number of hydrogen-bond donors (Lipinski definition) is 1. The van der Waals surface area contributed by atoms with Crippen molar-refractivity contribution in [3.05, 3.63) is 27.1 Å². The Morgan fingerprint density at radius 2 is 2.12 bits per heavy atom. The smallest absolute Gasteiger partial charge is 0.218 e. The predicted molar refractivity (Wildman–Crippen MR) is 70.1 cm³/mol. The van der Waals surface area contributed by atoms with Gasteiger partial charge in [-0.3, -0.25) is 4.79 Å². The molecule has 17 heavy (non-hydrogen) atoms. The summed E-state index contributed by atoms with van der Waals surface area (Å²) < 4.78 is 12.6. The van der Waals surface area contributed by atoms with Gasteiger partial charge in [0.05, 0.1) is 16.8 Å². The fourth-order valence-electron chi connectivity index (χ4n) is 1.32. The number of methoxy groups -OCH3 is 1. The summed E-state index contributed by atoms with van der Waals surface area (Å²) in [5, 5.41) is 0. The molecule has 0 aliphatic rings. The molecule has 0 unspecified atom stereocenters. The van der Waals surface area contributed by atoms with Crippen molar-refractivity contribution in [2.24, 2.45) is 0 Å². The van der Waals surface area contributed by atoms with Crippen LogP contribution in [0.4, 0.5) is 5.69 Å². The largest absolute Gasteiger partial charge is 0.394 e. The van der Waals surface area contributed by atoms with Gasteiger partial charge in [0.15, 0.2) is 0 Å².